The van der Waals surface area contributed by atoms with Gasteiger partial charge in [-0.25, -0.2) is 15.0 Å². The first-order chi connectivity index (χ1) is 9.74. The Morgan fingerprint density at radius 3 is 2.38 bits per heavy atom. The highest BCUT2D eigenvalue weighted by Crippen LogP contribution is 2.37. The topological polar surface area (TPSA) is 50.7 Å². The largest absolute Gasteiger partial charge is 0.443 e. The van der Waals surface area contributed by atoms with Crippen molar-refractivity contribution in [1.29, 1.82) is 0 Å². The van der Waals surface area contributed by atoms with Crippen molar-refractivity contribution in [3.8, 4) is 10.6 Å². The second-order valence-electron chi connectivity index (χ2n) is 4.84. The summed E-state index contributed by atoms with van der Waals surface area (Å²) in [6.07, 6.45) is -3.22. The van der Waals surface area contributed by atoms with E-state index in [2.05, 4.69) is 20.3 Å². The summed E-state index contributed by atoms with van der Waals surface area (Å²) in [4.78, 5) is 12.6. The minimum Gasteiger partial charge on any atom is -0.373 e. The van der Waals surface area contributed by atoms with Gasteiger partial charge in [0, 0.05) is 24.7 Å². The monoisotopic (exact) mass is 316 g/mol. The van der Waals surface area contributed by atoms with E-state index in [1.807, 2.05) is 13.8 Å². The molecule has 0 aliphatic heterocycles. The molecule has 21 heavy (non-hydrogen) atoms. The summed E-state index contributed by atoms with van der Waals surface area (Å²) in [6, 6.07) is 0. The van der Waals surface area contributed by atoms with E-state index in [4.69, 9.17) is 0 Å². The molecule has 0 spiro atoms. The molecule has 0 bridgehead atoms. The molecular formula is C13H15F3N4S. The second kappa shape index (κ2) is 5.59. The number of hydrogen-bond donors (Lipinski definition) is 1. The lowest BCUT2D eigenvalue weighted by molar-refractivity contribution is -0.137. The van der Waals surface area contributed by atoms with Crippen LogP contribution in [-0.4, -0.2) is 22.0 Å². The fourth-order valence-electron chi connectivity index (χ4n) is 1.79. The van der Waals surface area contributed by atoms with E-state index in [1.165, 1.54) is 6.20 Å². The summed E-state index contributed by atoms with van der Waals surface area (Å²) in [5, 5.41) is 2.08. The highest BCUT2D eigenvalue weighted by molar-refractivity contribution is 7.15. The molecule has 0 radical (unpaired) electrons. The molecule has 2 aromatic rings. The fourth-order valence-corrected chi connectivity index (χ4v) is 2.62. The maximum atomic E-state index is 12.7. The van der Waals surface area contributed by atoms with Crippen LogP contribution in [0, 0.1) is 6.92 Å². The molecule has 0 atom stereocenters. The van der Waals surface area contributed by atoms with Gasteiger partial charge >= 0.3 is 6.18 Å². The van der Waals surface area contributed by atoms with Crippen LogP contribution in [0.3, 0.4) is 0 Å². The molecule has 0 aliphatic carbocycles. The Morgan fingerprint density at radius 1 is 1.24 bits per heavy atom. The zero-order chi connectivity index (χ0) is 15.8. The number of halogens is 3. The van der Waals surface area contributed by atoms with Crippen LogP contribution in [0.1, 0.15) is 36.2 Å². The van der Waals surface area contributed by atoms with Crippen molar-refractivity contribution in [2.75, 3.05) is 12.4 Å². The summed E-state index contributed by atoms with van der Waals surface area (Å²) in [6.45, 7) is 5.64. The van der Waals surface area contributed by atoms with Crippen molar-refractivity contribution < 1.29 is 13.2 Å². The highest BCUT2D eigenvalue weighted by atomic mass is 32.1. The number of rotatable bonds is 3. The van der Waals surface area contributed by atoms with E-state index in [9.17, 15) is 13.2 Å². The lowest BCUT2D eigenvalue weighted by Gasteiger charge is -2.12. The standard InChI is InChI=1S/C13H15F3N4S/c1-6(2)10-19-9(7(3)11(17-4)20-10)8-5-18-12(21-8)13(14,15)16/h5-6H,1-4H3,(H,17,19,20). The third kappa shape index (κ3) is 3.15. The Morgan fingerprint density at radius 2 is 1.90 bits per heavy atom. The molecule has 2 aromatic heterocycles. The normalized spacial score (nSPS) is 12.0. The Labute approximate surface area is 124 Å². The third-order valence-electron chi connectivity index (χ3n) is 2.90. The number of nitrogens with zero attached hydrogens (tertiary/aromatic N) is 3. The zero-order valence-electron chi connectivity index (χ0n) is 12.0. The molecular weight excluding hydrogens is 301 g/mol. The van der Waals surface area contributed by atoms with Gasteiger partial charge < -0.3 is 5.32 Å². The number of nitrogens with one attached hydrogen (secondary N) is 1. The van der Waals surface area contributed by atoms with Crippen LogP contribution in [0.4, 0.5) is 19.0 Å². The van der Waals surface area contributed by atoms with Crippen molar-refractivity contribution in [2.45, 2.75) is 32.9 Å². The Hall–Kier alpha value is -1.70. The van der Waals surface area contributed by atoms with Crippen LogP contribution in [-0.2, 0) is 6.18 Å². The molecule has 8 heteroatoms. The first kappa shape index (κ1) is 15.7. The molecule has 4 nitrogen and oxygen atoms in total. The molecule has 0 amide bonds. The molecule has 2 heterocycles. The van der Waals surface area contributed by atoms with Crippen LogP contribution in [0.5, 0.6) is 0 Å². The van der Waals surface area contributed by atoms with Gasteiger partial charge in [0.2, 0.25) is 0 Å². The maximum absolute atomic E-state index is 12.7. The molecule has 0 aromatic carbocycles. The lowest BCUT2D eigenvalue weighted by atomic mass is 10.1. The second-order valence-corrected chi connectivity index (χ2v) is 5.87. The van der Waals surface area contributed by atoms with Gasteiger partial charge in [0.25, 0.3) is 0 Å². The predicted molar refractivity (Wildman–Crippen MR) is 76.5 cm³/mol. The van der Waals surface area contributed by atoms with Crippen molar-refractivity contribution in [2.24, 2.45) is 0 Å². The Balaban J connectivity index is 2.57. The van der Waals surface area contributed by atoms with Crippen LogP contribution >= 0.6 is 11.3 Å². The highest BCUT2D eigenvalue weighted by Gasteiger charge is 2.35. The minimum absolute atomic E-state index is 0.0754. The van der Waals surface area contributed by atoms with E-state index in [1.54, 1.807) is 14.0 Å². The van der Waals surface area contributed by atoms with Gasteiger partial charge in [-0.05, 0) is 6.92 Å². The number of alkyl halides is 3. The van der Waals surface area contributed by atoms with Crippen molar-refractivity contribution >= 4 is 17.2 Å². The van der Waals surface area contributed by atoms with Crippen LogP contribution in [0.25, 0.3) is 10.6 Å². The van der Waals surface area contributed by atoms with Gasteiger partial charge in [-0.15, -0.1) is 11.3 Å². The zero-order valence-corrected chi connectivity index (χ0v) is 12.9. The Bertz CT molecular complexity index is 649. The van der Waals surface area contributed by atoms with Crippen molar-refractivity contribution in [1.82, 2.24) is 15.0 Å². The van der Waals surface area contributed by atoms with E-state index >= 15 is 0 Å². The van der Waals surface area contributed by atoms with Gasteiger partial charge in [-0.2, -0.15) is 13.2 Å². The summed E-state index contributed by atoms with van der Waals surface area (Å²) >= 11 is 0.593. The number of aromatic nitrogens is 3. The van der Waals surface area contributed by atoms with Gasteiger partial charge in [-0.3, -0.25) is 0 Å². The third-order valence-corrected chi connectivity index (χ3v) is 3.95. The molecule has 1 N–H and O–H groups in total. The van der Waals surface area contributed by atoms with Gasteiger partial charge in [0.05, 0.1) is 10.6 Å². The average molecular weight is 316 g/mol. The van der Waals surface area contributed by atoms with E-state index < -0.39 is 11.2 Å². The van der Waals surface area contributed by atoms with Crippen LogP contribution in [0.2, 0.25) is 0 Å². The molecule has 0 unspecified atom stereocenters. The molecule has 0 saturated heterocycles. The first-order valence-corrected chi connectivity index (χ1v) is 7.15. The Kier molecular flexibility index (Phi) is 4.18. The molecule has 0 fully saturated rings. The van der Waals surface area contributed by atoms with Gasteiger partial charge in [0.15, 0.2) is 5.01 Å². The smallest absolute Gasteiger partial charge is 0.373 e. The molecule has 2 rings (SSSR count). The van der Waals surface area contributed by atoms with E-state index in [0.717, 1.165) is 0 Å². The van der Waals surface area contributed by atoms with Crippen LogP contribution in [0.15, 0.2) is 6.20 Å². The quantitative estimate of drug-likeness (QED) is 0.926. The van der Waals surface area contributed by atoms with Crippen molar-refractivity contribution in [3.63, 3.8) is 0 Å². The first-order valence-electron chi connectivity index (χ1n) is 6.33. The minimum atomic E-state index is -4.43. The summed E-state index contributed by atoms with van der Waals surface area (Å²) in [5.41, 5.74) is 1.20. The molecule has 0 aliphatic rings. The summed E-state index contributed by atoms with van der Waals surface area (Å²) < 4.78 is 38.0. The number of thiazole rings is 1. The lowest BCUT2D eigenvalue weighted by Crippen LogP contribution is -2.06. The SMILES string of the molecule is CNc1nc(C(C)C)nc(-c2cnc(C(F)(F)F)s2)c1C. The number of anilines is 1. The number of hydrogen-bond acceptors (Lipinski definition) is 5. The predicted octanol–water partition coefficient (Wildman–Crippen LogP) is 4.09. The maximum Gasteiger partial charge on any atom is 0.443 e. The molecule has 0 saturated carbocycles. The van der Waals surface area contributed by atoms with Crippen LogP contribution < -0.4 is 5.32 Å². The van der Waals surface area contributed by atoms with Gasteiger partial charge in [-0.1, -0.05) is 13.8 Å². The van der Waals surface area contributed by atoms with E-state index in [-0.39, 0.29) is 5.92 Å². The van der Waals surface area contributed by atoms with Crippen molar-refractivity contribution in [3.05, 3.63) is 22.6 Å². The van der Waals surface area contributed by atoms with Gasteiger partial charge in [0.1, 0.15) is 11.6 Å². The summed E-state index contributed by atoms with van der Waals surface area (Å²) in [7, 11) is 1.72. The molecule has 114 valence electrons. The average Bonchev–Trinajstić information content (AvgIpc) is 2.88. The van der Waals surface area contributed by atoms with E-state index in [0.29, 0.717) is 39.1 Å². The summed E-state index contributed by atoms with van der Waals surface area (Å²) in [5.74, 6) is 1.28. The fraction of sp³-hybridized carbons (Fsp3) is 0.462.